The summed E-state index contributed by atoms with van der Waals surface area (Å²) in [5.74, 6) is 0.987. The van der Waals surface area contributed by atoms with Crippen LogP contribution >= 0.6 is 0 Å². The number of H-pyrrole nitrogens is 1. The highest BCUT2D eigenvalue weighted by Crippen LogP contribution is 2.25. The lowest BCUT2D eigenvalue weighted by Gasteiger charge is -2.04. The third-order valence-corrected chi connectivity index (χ3v) is 3.49. The highest BCUT2D eigenvalue weighted by Gasteiger charge is 2.10. The standard InChI is InChI=1S/C15H17N3/c1-9-4-6-12-11(8-9)5-7-13-14(12)18-15(17-13)10(2)16-3/h4-8,10,16H,1-3H3,(H,17,18)/t10-/m1/s1. The van der Waals surface area contributed by atoms with Crippen LogP contribution in [0.4, 0.5) is 0 Å². The first-order chi connectivity index (χ1) is 8.69. The van der Waals surface area contributed by atoms with Crippen LogP contribution in [-0.4, -0.2) is 17.0 Å². The second kappa shape index (κ2) is 4.10. The van der Waals surface area contributed by atoms with Gasteiger partial charge in [0.15, 0.2) is 0 Å². The summed E-state index contributed by atoms with van der Waals surface area (Å²) < 4.78 is 0. The van der Waals surface area contributed by atoms with E-state index in [1.165, 1.54) is 16.3 Å². The van der Waals surface area contributed by atoms with Gasteiger partial charge in [0, 0.05) is 5.39 Å². The van der Waals surface area contributed by atoms with E-state index < -0.39 is 0 Å². The lowest BCUT2D eigenvalue weighted by Crippen LogP contribution is -2.13. The molecule has 2 N–H and O–H groups in total. The Morgan fingerprint density at radius 1 is 1.22 bits per heavy atom. The first-order valence-corrected chi connectivity index (χ1v) is 6.25. The van der Waals surface area contributed by atoms with Crippen molar-refractivity contribution in [2.75, 3.05) is 7.05 Å². The largest absolute Gasteiger partial charge is 0.340 e. The Bertz CT molecular complexity index is 712. The van der Waals surface area contributed by atoms with Crippen molar-refractivity contribution in [2.24, 2.45) is 0 Å². The van der Waals surface area contributed by atoms with Gasteiger partial charge in [0.1, 0.15) is 5.82 Å². The first kappa shape index (κ1) is 11.2. The number of aryl methyl sites for hydroxylation is 1. The van der Waals surface area contributed by atoms with Crippen LogP contribution in [0, 0.1) is 6.92 Å². The minimum Gasteiger partial charge on any atom is -0.340 e. The van der Waals surface area contributed by atoms with Gasteiger partial charge in [0.2, 0.25) is 0 Å². The Kier molecular flexibility index (Phi) is 2.56. The summed E-state index contributed by atoms with van der Waals surface area (Å²) in [5, 5.41) is 5.70. The monoisotopic (exact) mass is 239 g/mol. The van der Waals surface area contributed by atoms with Crippen molar-refractivity contribution < 1.29 is 0 Å². The molecule has 3 rings (SSSR count). The smallest absolute Gasteiger partial charge is 0.124 e. The lowest BCUT2D eigenvalue weighted by atomic mass is 10.1. The topological polar surface area (TPSA) is 40.7 Å². The van der Waals surface area contributed by atoms with Crippen molar-refractivity contribution in [1.29, 1.82) is 0 Å². The zero-order chi connectivity index (χ0) is 12.7. The molecule has 0 fully saturated rings. The number of nitrogens with one attached hydrogen (secondary N) is 2. The molecule has 1 heterocycles. The lowest BCUT2D eigenvalue weighted by molar-refractivity contribution is 0.620. The molecule has 2 aromatic carbocycles. The van der Waals surface area contributed by atoms with E-state index in [0.29, 0.717) is 0 Å². The van der Waals surface area contributed by atoms with Gasteiger partial charge in [0.25, 0.3) is 0 Å². The fourth-order valence-corrected chi connectivity index (χ4v) is 2.29. The quantitative estimate of drug-likeness (QED) is 0.720. The van der Waals surface area contributed by atoms with E-state index in [1.807, 2.05) is 7.05 Å². The molecule has 0 bridgehead atoms. The number of aromatic nitrogens is 2. The van der Waals surface area contributed by atoms with Gasteiger partial charge in [-0.2, -0.15) is 0 Å². The maximum atomic E-state index is 4.64. The number of nitrogens with zero attached hydrogens (tertiary/aromatic N) is 1. The Balaban J connectivity index is 2.30. The number of aromatic amines is 1. The first-order valence-electron chi connectivity index (χ1n) is 6.25. The molecule has 0 spiro atoms. The van der Waals surface area contributed by atoms with E-state index in [2.05, 4.69) is 59.5 Å². The summed E-state index contributed by atoms with van der Waals surface area (Å²) in [4.78, 5) is 8.07. The minimum absolute atomic E-state index is 0.234. The van der Waals surface area contributed by atoms with Gasteiger partial charge in [-0.1, -0.05) is 29.8 Å². The summed E-state index contributed by atoms with van der Waals surface area (Å²) in [6.45, 7) is 4.22. The van der Waals surface area contributed by atoms with E-state index >= 15 is 0 Å². The molecule has 3 heteroatoms. The molecule has 3 nitrogen and oxygen atoms in total. The molecule has 0 aliphatic rings. The zero-order valence-corrected chi connectivity index (χ0v) is 10.9. The molecule has 1 aromatic heterocycles. The van der Waals surface area contributed by atoms with Crippen molar-refractivity contribution in [1.82, 2.24) is 15.3 Å². The highest BCUT2D eigenvalue weighted by atomic mass is 15.0. The van der Waals surface area contributed by atoms with Gasteiger partial charge in [0.05, 0.1) is 17.1 Å². The fourth-order valence-electron chi connectivity index (χ4n) is 2.29. The predicted molar refractivity (Wildman–Crippen MR) is 75.8 cm³/mol. The number of hydrogen-bond acceptors (Lipinski definition) is 2. The van der Waals surface area contributed by atoms with Crippen LogP contribution in [0.25, 0.3) is 21.8 Å². The molecule has 0 aliphatic heterocycles. The fraction of sp³-hybridized carbons (Fsp3) is 0.267. The van der Waals surface area contributed by atoms with Crippen LogP contribution in [0.15, 0.2) is 30.3 Å². The van der Waals surface area contributed by atoms with Gasteiger partial charge in [-0.25, -0.2) is 4.98 Å². The normalized spacial score (nSPS) is 13.3. The molecule has 0 saturated heterocycles. The van der Waals surface area contributed by atoms with Crippen molar-refractivity contribution in [2.45, 2.75) is 19.9 Å². The summed E-state index contributed by atoms with van der Waals surface area (Å²) in [7, 11) is 1.94. The Morgan fingerprint density at radius 3 is 2.83 bits per heavy atom. The number of fused-ring (bicyclic) bond motifs is 3. The molecule has 92 valence electrons. The van der Waals surface area contributed by atoms with E-state index in [0.717, 1.165) is 16.9 Å². The van der Waals surface area contributed by atoms with Crippen molar-refractivity contribution in [3.05, 3.63) is 41.7 Å². The second-order valence-corrected chi connectivity index (χ2v) is 4.82. The average molecular weight is 239 g/mol. The zero-order valence-electron chi connectivity index (χ0n) is 10.9. The predicted octanol–water partition coefficient (Wildman–Crippen LogP) is 3.30. The molecular weight excluding hydrogens is 222 g/mol. The summed E-state index contributed by atoms with van der Waals surface area (Å²) in [5.41, 5.74) is 3.44. The van der Waals surface area contributed by atoms with Crippen LogP contribution in [0.1, 0.15) is 24.4 Å². The second-order valence-electron chi connectivity index (χ2n) is 4.82. The van der Waals surface area contributed by atoms with Crippen LogP contribution in [0.3, 0.4) is 0 Å². The highest BCUT2D eigenvalue weighted by molar-refractivity contribution is 6.04. The Labute approximate surface area is 106 Å². The van der Waals surface area contributed by atoms with Gasteiger partial charge >= 0.3 is 0 Å². The number of rotatable bonds is 2. The number of imidazole rings is 1. The molecule has 0 amide bonds. The van der Waals surface area contributed by atoms with Crippen molar-refractivity contribution in [3.63, 3.8) is 0 Å². The third-order valence-electron chi connectivity index (χ3n) is 3.49. The Hall–Kier alpha value is -1.87. The third kappa shape index (κ3) is 1.68. The van der Waals surface area contributed by atoms with E-state index in [1.54, 1.807) is 0 Å². The number of benzene rings is 2. The molecule has 1 atom stereocenters. The van der Waals surface area contributed by atoms with Crippen LogP contribution in [0.5, 0.6) is 0 Å². The van der Waals surface area contributed by atoms with E-state index in [9.17, 15) is 0 Å². The van der Waals surface area contributed by atoms with Crippen molar-refractivity contribution >= 4 is 21.8 Å². The van der Waals surface area contributed by atoms with Gasteiger partial charge < -0.3 is 10.3 Å². The maximum Gasteiger partial charge on any atom is 0.124 e. The van der Waals surface area contributed by atoms with Crippen LogP contribution in [0.2, 0.25) is 0 Å². The Morgan fingerprint density at radius 2 is 2.06 bits per heavy atom. The van der Waals surface area contributed by atoms with E-state index in [-0.39, 0.29) is 6.04 Å². The maximum absolute atomic E-state index is 4.64. The van der Waals surface area contributed by atoms with E-state index in [4.69, 9.17) is 0 Å². The molecule has 18 heavy (non-hydrogen) atoms. The number of hydrogen-bond donors (Lipinski definition) is 2. The van der Waals surface area contributed by atoms with Gasteiger partial charge in [-0.3, -0.25) is 0 Å². The molecule has 0 radical (unpaired) electrons. The summed E-state index contributed by atoms with van der Waals surface area (Å²) in [6.07, 6.45) is 0. The van der Waals surface area contributed by atoms with Gasteiger partial charge in [-0.15, -0.1) is 0 Å². The van der Waals surface area contributed by atoms with Crippen LogP contribution < -0.4 is 5.32 Å². The van der Waals surface area contributed by atoms with Crippen LogP contribution in [-0.2, 0) is 0 Å². The van der Waals surface area contributed by atoms with Gasteiger partial charge in [-0.05, 0) is 32.3 Å². The average Bonchev–Trinajstić information content (AvgIpc) is 2.81. The summed E-state index contributed by atoms with van der Waals surface area (Å²) in [6, 6.07) is 11.0. The summed E-state index contributed by atoms with van der Waals surface area (Å²) >= 11 is 0. The molecule has 0 aliphatic carbocycles. The molecule has 3 aromatic rings. The molecule has 0 unspecified atom stereocenters. The molecular formula is C15H17N3. The van der Waals surface area contributed by atoms with Crippen molar-refractivity contribution in [3.8, 4) is 0 Å². The minimum atomic E-state index is 0.234. The SMILES string of the molecule is CN[C@H](C)c1nc2ccc3cc(C)ccc3c2[nH]1. The molecule has 0 saturated carbocycles.